The highest BCUT2D eigenvalue weighted by Gasteiger charge is 2.33. The number of amides is 3. The zero-order valence-electron chi connectivity index (χ0n) is 13.0. The van der Waals surface area contributed by atoms with Crippen LogP contribution < -0.4 is 14.8 Å². The molecule has 25 heavy (non-hydrogen) atoms. The van der Waals surface area contributed by atoms with E-state index in [4.69, 9.17) is 21.1 Å². The Morgan fingerprint density at radius 1 is 1.08 bits per heavy atom. The lowest BCUT2D eigenvalue weighted by atomic mass is 10.1. The van der Waals surface area contributed by atoms with Gasteiger partial charge in [0, 0.05) is 5.02 Å². The number of imide groups is 1. The predicted octanol–water partition coefficient (Wildman–Crippen LogP) is 3.16. The van der Waals surface area contributed by atoms with Crippen LogP contribution in [-0.4, -0.2) is 23.6 Å². The quantitative estimate of drug-likeness (QED) is 0.677. The molecule has 1 saturated heterocycles. The number of fused-ring (bicyclic) bond motifs is 1. The molecular formula is C18H13ClN2O4. The lowest BCUT2D eigenvalue weighted by Crippen LogP contribution is -2.30. The molecule has 1 fully saturated rings. The third-order valence-corrected chi connectivity index (χ3v) is 4.18. The fourth-order valence-corrected chi connectivity index (χ4v) is 2.78. The second kappa shape index (κ2) is 6.14. The molecule has 2 aliphatic rings. The monoisotopic (exact) mass is 356 g/mol. The number of ether oxygens (including phenoxy) is 2. The second-order valence-corrected chi connectivity index (χ2v) is 6.06. The first-order chi connectivity index (χ1) is 12.1. The van der Waals surface area contributed by atoms with Crippen molar-refractivity contribution in [3.8, 4) is 11.5 Å². The molecule has 126 valence electrons. The van der Waals surface area contributed by atoms with Crippen LogP contribution in [0.5, 0.6) is 11.5 Å². The molecule has 0 saturated carbocycles. The van der Waals surface area contributed by atoms with E-state index in [2.05, 4.69) is 5.32 Å². The highest BCUT2D eigenvalue weighted by Crippen LogP contribution is 2.33. The van der Waals surface area contributed by atoms with Crippen LogP contribution in [0.2, 0.25) is 5.02 Å². The molecule has 0 aliphatic carbocycles. The Balaban J connectivity index is 1.55. The van der Waals surface area contributed by atoms with Crippen LogP contribution in [0.15, 0.2) is 48.2 Å². The maximum Gasteiger partial charge on any atom is 0.329 e. The summed E-state index contributed by atoms with van der Waals surface area (Å²) in [6.07, 6.45) is 1.62. The molecule has 0 unspecified atom stereocenters. The molecule has 0 aromatic heterocycles. The lowest BCUT2D eigenvalue weighted by Gasteiger charge is -2.11. The summed E-state index contributed by atoms with van der Waals surface area (Å²) in [4.78, 5) is 25.8. The maximum atomic E-state index is 12.5. The number of benzene rings is 2. The molecule has 2 aliphatic heterocycles. The minimum atomic E-state index is -0.452. The van der Waals surface area contributed by atoms with Crippen molar-refractivity contribution in [3.63, 3.8) is 0 Å². The van der Waals surface area contributed by atoms with Crippen molar-refractivity contribution in [2.24, 2.45) is 0 Å². The van der Waals surface area contributed by atoms with E-state index in [1.807, 2.05) is 0 Å². The Morgan fingerprint density at radius 3 is 2.64 bits per heavy atom. The molecule has 2 aromatic rings. The van der Waals surface area contributed by atoms with E-state index in [1.54, 1.807) is 48.5 Å². The Morgan fingerprint density at radius 2 is 1.84 bits per heavy atom. The van der Waals surface area contributed by atoms with Crippen molar-refractivity contribution in [1.82, 2.24) is 10.2 Å². The first-order valence-corrected chi connectivity index (χ1v) is 7.96. The van der Waals surface area contributed by atoms with Crippen LogP contribution >= 0.6 is 11.6 Å². The van der Waals surface area contributed by atoms with Crippen LogP contribution in [-0.2, 0) is 11.3 Å². The first-order valence-electron chi connectivity index (χ1n) is 7.59. The van der Waals surface area contributed by atoms with Crippen molar-refractivity contribution in [2.45, 2.75) is 6.54 Å². The minimum Gasteiger partial charge on any atom is -0.454 e. The molecule has 1 N–H and O–H groups in total. The number of carbonyl (C=O) groups is 2. The van der Waals surface area contributed by atoms with E-state index in [0.29, 0.717) is 16.5 Å². The second-order valence-electron chi connectivity index (χ2n) is 5.62. The maximum absolute atomic E-state index is 12.5. The van der Waals surface area contributed by atoms with E-state index in [9.17, 15) is 9.59 Å². The van der Waals surface area contributed by atoms with Crippen LogP contribution in [0.25, 0.3) is 6.08 Å². The minimum absolute atomic E-state index is 0.180. The van der Waals surface area contributed by atoms with Crippen molar-refractivity contribution < 1.29 is 19.1 Å². The van der Waals surface area contributed by atoms with Gasteiger partial charge in [-0.2, -0.15) is 0 Å². The normalized spacial score (nSPS) is 17.3. The predicted molar refractivity (Wildman–Crippen MR) is 91.1 cm³/mol. The summed E-state index contributed by atoms with van der Waals surface area (Å²) in [6.45, 7) is 0.361. The summed E-state index contributed by atoms with van der Waals surface area (Å²) in [5.74, 6) is 0.898. The van der Waals surface area contributed by atoms with E-state index >= 15 is 0 Å². The van der Waals surface area contributed by atoms with E-state index in [1.165, 1.54) is 0 Å². The van der Waals surface area contributed by atoms with Crippen LogP contribution in [0.1, 0.15) is 11.1 Å². The summed E-state index contributed by atoms with van der Waals surface area (Å²) in [7, 11) is 0. The smallest absolute Gasteiger partial charge is 0.329 e. The Labute approximate surface area is 148 Å². The molecule has 3 amide bonds. The summed E-state index contributed by atoms with van der Waals surface area (Å²) < 4.78 is 10.6. The van der Waals surface area contributed by atoms with E-state index < -0.39 is 6.03 Å². The molecular weight excluding hydrogens is 344 g/mol. The molecule has 0 spiro atoms. The number of hydrogen-bond acceptors (Lipinski definition) is 4. The summed E-state index contributed by atoms with van der Waals surface area (Å²) in [5, 5.41) is 3.20. The van der Waals surface area contributed by atoms with Crippen LogP contribution in [0.3, 0.4) is 0 Å². The average molecular weight is 357 g/mol. The van der Waals surface area contributed by atoms with Crippen molar-refractivity contribution in [1.29, 1.82) is 0 Å². The Kier molecular flexibility index (Phi) is 3.82. The van der Waals surface area contributed by atoms with Gasteiger partial charge < -0.3 is 14.8 Å². The third-order valence-electron chi connectivity index (χ3n) is 3.92. The van der Waals surface area contributed by atoms with Gasteiger partial charge in [-0.3, -0.25) is 9.69 Å². The molecule has 2 aromatic carbocycles. The van der Waals surface area contributed by atoms with Crippen molar-refractivity contribution in [2.75, 3.05) is 6.79 Å². The summed E-state index contributed by atoms with van der Waals surface area (Å²) in [5.41, 5.74) is 1.77. The lowest BCUT2D eigenvalue weighted by molar-refractivity contribution is -0.123. The summed E-state index contributed by atoms with van der Waals surface area (Å²) in [6, 6.07) is 11.9. The SMILES string of the molecule is O=C1NC(=Cc2ccc3c(c2)OCO3)C(=O)N1Cc1ccc(Cl)cc1. The zero-order chi connectivity index (χ0) is 17.4. The van der Waals surface area contributed by atoms with Gasteiger partial charge in [0.15, 0.2) is 11.5 Å². The van der Waals surface area contributed by atoms with Gasteiger partial charge in [0.1, 0.15) is 5.70 Å². The van der Waals surface area contributed by atoms with Gasteiger partial charge in [-0.15, -0.1) is 0 Å². The van der Waals surface area contributed by atoms with E-state index in [0.717, 1.165) is 16.0 Å². The largest absolute Gasteiger partial charge is 0.454 e. The number of nitrogens with zero attached hydrogens (tertiary/aromatic N) is 1. The van der Waals surface area contributed by atoms with E-state index in [-0.39, 0.29) is 24.9 Å². The highest BCUT2D eigenvalue weighted by atomic mass is 35.5. The molecule has 4 rings (SSSR count). The Bertz CT molecular complexity index is 892. The fraction of sp³-hybridized carbons (Fsp3) is 0.111. The van der Waals surface area contributed by atoms with Crippen LogP contribution in [0.4, 0.5) is 4.79 Å². The molecule has 0 bridgehead atoms. The fourth-order valence-electron chi connectivity index (χ4n) is 2.66. The van der Waals surface area contributed by atoms with Crippen molar-refractivity contribution >= 4 is 29.6 Å². The van der Waals surface area contributed by atoms with Gasteiger partial charge in [0.2, 0.25) is 6.79 Å². The average Bonchev–Trinajstić information content (AvgIpc) is 3.16. The van der Waals surface area contributed by atoms with Gasteiger partial charge in [-0.1, -0.05) is 29.8 Å². The highest BCUT2D eigenvalue weighted by molar-refractivity contribution is 6.30. The molecule has 6 nitrogen and oxygen atoms in total. The van der Waals surface area contributed by atoms with Gasteiger partial charge in [0.25, 0.3) is 5.91 Å². The number of hydrogen-bond donors (Lipinski definition) is 1. The molecule has 0 atom stereocenters. The third kappa shape index (κ3) is 3.04. The number of halogens is 1. The van der Waals surface area contributed by atoms with Gasteiger partial charge in [0.05, 0.1) is 6.54 Å². The number of urea groups is 1. The number of nitrogens with one attached hydrogen (secondary N) is 1. The zero-order valence-corrected chi connectivity index (χ0v) is 13.7. The molecule has 2 heterocycles. The summed E-state index contributed by atoms with van der Waals surface area (Å²) >= 11 is 5.85. The van der Waals surface area contributed by atoms with Crippen LogP contribution in [0, 0.1) is 0 Å². The molecule has 0 radical (unpaired) electrons. The first kappa shape index (κ1) is 15.5. The standard InChI is InChI=1S/C18H13ClN2O4/c19-13-4-1-11(2-5-13)9-21-17(22)14(20-18(21)23)7-12-3-6-15-16(8-12)25-10-24-15/h1-8H,9-10H2,(H,20,23). The van der Waals surface area contributed by atoms with Gasteiger partial charge >= 0.3 is 6.03 Å². The van der Waals surface area contributed by atoms with Gasteiger partial charge in [-0.05, 0) is 41.5 Å². The van der Waals surface area contributed by atoms with Gasteiger partial charge in [-0.25, -0.2) is 4.79 Å². The number of carbonyl (C=O) groups excluding carboxylic acids is 2. The Hall–Kier alpha value is -2.99. The molecule has 7 heteroatoms. The number of rotatable bonds is 3. The van der Waals surface area contributed by atoms with Crippen molar-refractivity contribution in [3.05, 3.63) is 64.3 Å². The topological polar surface area (TPSA) is 67.9 Å².